The minimum absolute atomic E-state index is 0.0695. The van der Waals surface area contributed by atoms with Crippen molar-refractivity contribution in [1.29, 1.82) is 0 Å². The van der Waals surface area contributed by atoms with Gasteiger partial charge in [0.2, 0.25) is 11.8 Å². The van der Waals surface area contributed by atoms with Gasteiger partial charge in [0.05, 0.1) is 17.2 Å². The maximum absolute atomic E-state index is 14.5. The van der Waals surface area contributed by atoms with Crippen LogP contribution in [0.2, 0.25) is 5.02 Å². The highest BCUT2D eigenvalue weighted by atomic mass is 35.5. The molecule has 0 heterocycles. The molecule has 1 atom stereocenters. The first-order chi connectivity index (χ1) is 22.3. The Morgan fingerprint density at radius 1 is 0.872 bits per heavy atom. The molecule has 0 aliphatic carbocycles. The molecular weight excluding hydrogens is 641 g/mol. The highest BCUT2D eigenvalue weighted by molar-refractivity contribution is 7.92. The average molecular weight is 680 g/mol. The number of anilines is 1. The molecule has 8 nitrogen and oxygen atoms in total. The number of benzene rings is 4. The van der Waals surface area contributed by atoms with E-state index >= 15 is 0 Å². The Labute approximate surface area is 281 Å². The molecule has 1 unspecified atom stereocenters. The summed E-state index contributed by atoms with van der Waals surface area (Å²) in [5.41, 5.74) is 0.963. The first-order valence-corrected chi connectivity index (χ1v) is 17.0. The van der Waals surface area contributed by atoms with E-state index in [9.17, 15) is 22.4 Å². The number of carbonyl (C=O) groups excluding carboxylic acids is 2. The molecule has 0 spiro atoms. The number of rotatable bonds is 13. The zero-order chi connectivity index (χ0) is 34.2. The van der Waals surface area contributed by atoms with Gasteiger partial charge < -0.3 is 15.0 Å². The first kappa shape index (κ1) is 35.4. The van der Waals surface area contributed by atoms with E-state index in [1.165, 1.54) is 53.4 Å². The van der Waals surface area contributed by atoms with Crippen molar-refractivity contribution in [2.75, 3.05) is 17.5 Å². The number of ether oxygens (including phenoxy) is 1. The summed E-state index contributed by atoms with van der Waals surface area (Å²) in [4.78, 5) is 29.7. The van der Waals surface area contributed by atoms with Gasteiger partial charge in [0, 0.05) is 23.5 Å². The smallest absolute Gasteiger partial charge is 0.264 e. The van der Waals surface area contributed by atoms with Crippen LogP contribution in [-0.4, -0.2) is 49.9 Å². The van der Waals surface area contributed by atoms with Crippen LogP contribution in [-0.2, 0) is 32.6 Å². The molecule has 0 aliphatic rings. The summed E-state index contributed by atoms with van der Waals surface area (Å²) < 4.78 is 48.7. The predicted molar refractivity (Wildman–Crippen MR) is 182 cm³/mol. The lowest BCUT2D eigenvalue weighted by Gasteiger charge is -2.35. The number of sulfonamides is 1. The van der Waals surface area contributed by atoms with Gasteiger partial charge in [0.1, 0.15) is 24.2 Å². The molecule has 0 aromatic heterocycles. The molecule has 4 aromatic carbocycles. The van der Waals surface area contributed by atoms with Crippen LogP contribution in [0.3, 0.4) is 0 Å². The topological polar surface area (TPSA) is 96.0 Å². The van der Waals surface area contributed by atoms with E-state index in [-0.39, 0.29) is 23.5 Å². The Balaban J connectivity index is 1.81. The second-order valence-corrected chi connectivity index (χ2v) is 14.3. The highest BCUT2D eigenvalue weighted by Gasteiger charge is 2.35. The lowest BCUT2D eigenvalue weighted by atomic mass is 10.0. The van der Waals surface area contributed by atoms with E-state index in [1.807, 2.05) is 58.0 Å². The van der Waals surface area contributed by atoms with Crippen molar-refractivity contribution in [3.05, 3.63) is 125 Å². The summed E-state index contributed by atoms with van der Waals surface area (Å²) in [6, 6.07) is 25.9. The monoisotopic (exact) mass is 679 g/mol. The number of nitrogens with one attached hydrogen (secondary N) is 1. The fraction of sp³-hybridized carbons (Fsp3) is 0.278. The zero-order valence-corrected chi connectivity index (χ0v) is 28.4. The van der Waals surface area contributed by atoms with Crippen molar-refractivity contribution in [1.82, 2.24) is 10.2 Å². The zero-order valence-electron chi connectivity index (χ0n) is 26.8. The van der Waals surface area contributed by atoms with Gasteiger partial charge in [-0.3, -0.25) is 13.9 Å². The maximum Gasteiger partial charge on any atom is 0.264 e. The van der Waals surface area contributed by atoms with E-state index in [2.05, 4.69) is 5.32 Å². The van der Waals surface area contributed by atoms with Crippen LogP contribution in [0, 0.1) is 5.82 Å². The summed E-state index contributed by atoms with van der Waals surface area (Å²) >= 11 is 6.05. The average Bonchev–Trinajstić information content (AvgIpc) is 3.03. The molecule has 4 rings (SSSR count). The predicted octanol–water partition coefficient (Wildman–Crippen LogP) is 6.63. The molecule has 2 amide bonds. The van der Waals surface area contributed by atoms with E-state index in [4.69, 9.17) is 16.3 Å². The van der Waals surface area contributed by atoms with E-state index in [0.717, 1.165) is 9.87 Å². The van der Waals surface area contributed by atoms with Crippen molar-refractivity contribution >= 4 is 39.1 Å². The summed E-state index contributed by atoms with van der Waals surface area (Å²) in [6.45, 7) is 7.05. The Kier molecular flexibility index (Phi) is 11.7. The van der Waals surface area contributed by atoms with Crippen molar-refractivity contribution in [3.63, 3.8) is 0 Å². The standard InChI is InChI=1S/C36H39ClFN3O5S/c1-5-46-31-19-17-30(18-20-31)41(47(44,45)32-21-13-28(37)14-22-32)25-34(42)40(24-27-11-15-29(38)16-12-27)33(35(43)39-36(2,3)4)23-26-9-7-6-8-10-26/h6-22,33H,5,23-25H2,1-4H3,(H,39,43). The molecule has 248 valence electrons. The van der Waals surface area contributed by atoms with E-state index in [0.29, 0.717) is 22.9 Å². The molecule has 47 heavy (non-hydrogen) atoms. The van der Waals surface area contributed by atoms with Gasteiger partial charge in [0.25, 0.3) is 10.0 Å². The number of hydrogen-bond acceptors (Lipinski definition) is 5. The Morgan fingerprint density at radius 2 is 1.49 bits per heavy atom. The third-order valence-electron chi connectivity index (χ3n) is 7.15. The number of halogens is 2. The molecule has 0 bridgehead atoms. The molecule has 11 heteroatoms. The van der Waals surface area contributed by atoms with Gasteiger partial charge in [-0.05, 0) is 99.5 Å². The SMILES string of the molecule is CCOc1ccc(N(CC(=O)N(Cc2ccc(F)cc2)C(Cc2ccccc2)C(=O)NC(C)(C)C)S(=O)(=O)c2ccc(Cl)cc2)cc1. The lowest BCUT2D eigenvalue weighted by Crippen LogP contribution is -2.56. The largest absolute Gasteiger partial charge is 0.494 e. The molecule has 0 radical (unpaired) electrons. The third-order valence-corrected chi connectivity index (χ3v) is 9.19. The summed E-state index contributed by atoms with van der Waals surface area (Å²) in [5, 5.41) is 3.34. The van der Waals surface area contributed by atoms with Crippen molar-refractivity contribution < 1.29 is 27.1 Å². The van der Waals surface area contributed by atoms with Crippen molar-refractivity contribution in [2.45, 2.75) is 57.1 Å². The molecule has 0 saturated heterocycles. The van der Waals surface area contributed by atoms with Gasteiger partial charge in [-0.1, -0.05) is 54.1 Å². The van der Waals surface area contributed by atoms with Crippen molar-refractivity contribution in [2.24, 2.45) is 0 Å². The first-order valence-electron chi connectivity index (χ1n) is 15.2. The van der Waals surface area contributed by atoms with Gasteiger partial charge in [-0.2, -0.15) is 0 Å². The van der Waals surface area contributed by atoms with E-state index in [1.54, 1.807) is 24.3 Å². The van der Waals surface area contributed by atoms with Gasteiger partial charge in [0.15, 0.2) is 0 Å². The maximum atomic E-state index is 14.5. The van der Waals surface area contributed by atoms with Crippen LogP contribution in [0.15, 0.2) is 108 Å². The van der Waals surface area contributed by atoms with Crippen LogP contribution in [0.5, 0.6) is 5.75 Å². The summed E-state index contributed by atoms with van der Waals surface area (Å²) in [7, 11) is -4.30. The van der Waals surface area contributed by atoms with Gasteiger partial charge >= 0.3 is 0 Å². The minimum atomic E-state index is -4.30. The number of carbonyl (C=O) groups is 2. The molecule has 0 saturated carbocycles. The Hall–Kier alpha value is -4.41. The van der Waals surface area contributed by atoms with E-state index < -0.39 is 45.8 Å². The molecule has 0 fully saturated rings. The number of hydrogen-bond donors (Lipinski definition) is 1. The van der Waals surface area contributed by atoms with Crippen LogP contribution >= 0.6 is 11.6 Å². The van der Waals surface area contributed by atoms with Crippen LogP contribution < -0.4 is 14.4 Å². The van der Waals surface area contributed by atoms with Crippen molar-refractivity contribution in [3.8, 4) is 5.75 Å². The van der Waals surface area contributed by atoms with Gasteiger partial charge in [-0.15, -0.1) is 0 Å². The van der Waals surface area contributed by atoms with Crippen LogP contribution in [0.1, 0.15) is 38.8 Å². The Bertz CT molecular complexity index is 1750. The second-order valence-electron chi connectivity index (χ2n) is 12.0. The summed E-state index contributed by atoms with van der Waals surface area (Å²) in [5.74, 6) is -0.962. The third kappa shape index (κ3) is 9.79. The highest BCUT2D eigenvalue weighted by Crippen LogP contribution is 2.28. The van der Waals surface area contributed by atoms with Crippen LogP contribution in [0.4, 0.5) is 10.1 Å². The lowest BCUT2D eigenvalue weighted by molar-refractivity contribution is -0.140. The fourth-order valence-electron chi connectivity index (χ4n) is 4.93. The van der Waals surface area contributed by atoms with Crippen LogP contribution in [0.25, 0.3) is 0 Å². The molecule has 0 aliphatic heterocycles. The summed E-state index contributed by atoms with van der Waals surface area (Å²) in [6.07, 6.45) is 0.155. The molecule has 1 N–H and O–H groups in total. The molecule has 4 aromatic rings. The molecular formula is C36H39ClFN3O5S. The van der Waals surface area contributed by atoms with Gasteiger partial charge in [-0.25, -0.2) is 12.8 Å². The second kappa shape index (κ2) is 15.5. The quantitative estimate of drug-likeness (QED) is 0.171. The normalized spacial score (nSPS) is 12.2. The minimum Gasteiger partial charge on any atom is -0.494 e. The number of nitrogens with zero attached hydrogens (tertiary/aromatic N) is 2. The fourth-order valence-corrected chi connectivity index (χ4v) is 6.47. The Morgan fingerprint density at radius 3 is 2.06 bits per heavy atom. The number of amides is 2.